The molecule has 0 unspecified atom stereocenters. The van der Waals surface area contributed by atoms with E-state index >= 15 is 0 Å². The molecule has 0 rings (SSSR count). The minimum absolute atomic E-state index is 0.738. The summed E-state index contributed by atoms with van der Waals surface area (Å²) in [6.07, 6.45) is 7.38. The number of unbranched alkanes of at least 4 members (excludes halogenated alkanes) is 9. The SMILES string of the molecule is CCCCCCCCCCCC[Si](C)(C)N(C)C(=O)C(F)(F)F. The maximum atomic E-state index is 12.5. The third-order valence-corrected chi connectivity index (χ3v) is 8.19. The third kappa shape index (κ3) is 10.0. The number of carbonyl (C=O) groups is 1. The highest BCUT2D eigenvalue weighted by Gasteiger charge is 2.45. The van der Waals surface area contributed by atoms with Crippen LogP contribution >= 0.6 is 0 Å². The van der Waals surface area contributed by atoms with Crippen LogP contribution in [0.25, 0.3) is 0 Å². The highest BCUT2D eigenvalue weighted by Crippen LogP contribution is 2.25. The first kappa shape index (κ1) is 22.5. The molecule has 0 aliphatic heterocycles. The fourth-order valence-electron chi connectivity index (χ4n) is 2.68. The Kier molecular flexibility index (Phi) is 10.9. The van der Waals surface area contributed by atoms with Crippen LogP contribution in [0.4, 0.5) is 13.2 Å². The van der Waals surface area contributed by atoms with E-state index in [2.05, 4.69) is 6.92 Å². The summed E-state index contributed by atoms with van der Waals surface area (Å²) in [5.41, 5.74) is 0. The van der Waals surface area contributed by atoms with E-state index in [4.69, 9.17) is 0 Å². The summed E-state index contributed by atoms with van der Waals surface area (Å²) in [7, 11) is -1.00. The van der Waals surface area contributed by atoms with Crippen molar-refractivity contribution in [2.45, 2.75) is 96.4 Å². The zero-order chi connectivity index (χ0) is 17.9. The van der Waals surface area contributed by atoms with E-state index in [0.29, 0.717) is 0 Å². The van der Waals surface area contributed by atoms with Gasteiger partial charge >= 0.3 is 12.1 Å². The summed E-state index contributed by atoms with van der Waals surface area (Å²) in [5, 5.41) is 0. The molecule has 0 spiro atoms. The summed E-state index contributed by atoms with van der Waals surface area (Å²) in [6, 6.07) is 0.738. The Morgan fingerprint density at radius 1 is 0.870 bits per heavy atom. The van der Waals surface area contributed by atoms with Crippen molar-refractivity contribution in [3.05, 3.63) is 0 Å². The Balaban J connectivity index is 3.80. The number of rotatable bonds is 12. The van der Waals surface area contributed by atoms with Gasteiger partial charge in [0.15, 0.2) is 8.24 Å². The fraction of sp³-hybridized carbons (Fsp3) is 0.941. The van der Waals surface area contributed by atoms with E-state index in [1.165, 1.54) is 52.0 Å². The molecule has 0 saturated heterocycles. The van der Waals surface area contributed by atoms with Gasteiger partial charge in [-0.15, -0.1) is 0 Å². The molecule has 0 aliphatic carbocycles. The van der Waals surface area contributed by atoms with Gasteiger partial charge in [0.2, 0.25) is 0 Å². The highest BCUT2D eigenvalue weighted by molar-refractivity contribution is 6.76. The molecule has 0 aromatic heterocycles. The molecule has 0 aromatic rings. The smallest absolute Gasteiger partial charge is 0.365 e. The van der Waals surface area contributed by atoms with Gasteiger partial charge in [0.1, 0.15) is 0 Å². The fourth-order valence-corrected chi connectivity index (χ4v) is 4.80. The maximum absolute atomic E-state index is 12.5. The van der Waals surface area contributed by atoms with Gasteiger partial charge in [-0.05, 0) is 6.04 Å². The molecule has 0 N–H and O–H groups in total. The molecular weight excluding hydrogens is 319 g/mol. The van der Waals surface area contributed by atoms with Gasteiger partial charge in [0.25, 0.3) is 0 Å². The number of amides is 1. The second-order valence-corrected chi connectivity index (χ2v) is 11.9. The molecule has 0 bridgehead atoms. The molecule has 0 aliphatic rings. The minimum Gasteiger partial charge on any atom is -0.365 e. The van der Waals surface area contributed by atoms with Crippen LogP contribution in [-0.2, 0) is 4.79 Å². The van der Waals surface area contributed by atoms with Crippen LogP contribution in [-0.4, -0.2) is 31.9 Å². The summed E-state index contributed by atoms with van der Waals surface area (Å²) >= 11 is 0. The number of halogens is 3. The molecule has 0 saturated carbocycles. The first-order valence-electron chi connectivity index (χ1n) is 8.98. The van der Waals surface area contributed by atoms with Crippen molar-refractivity contribution in [3.8, 4) is 0 Å². The van der Waals surface area contributed by atoms with Gasteiger partial charge in [-0.1, -0.05) is 84.2 Å². The molecular formula is C17H34F3NOSi. The summed E-state index contributed by atoms with van der Waals surface area (Å²) in [6.45, 7) is 5.89. The predicted octanol–water partition coefficient (Wildman–Crippen LogP) is 6.13. The number of alkyl halides is 3. The number of hydrogen-bond donors (Lipinski definition) is 0. The van der Waals surface area contributed by atoms with E-state index in [0.717, 1.165) is 29.9 Å². The average Bonchev–Trinajstić information content (AvgIpc) is 2.46. The zero-order valence-corrected chi connectivity index (χ0v) is 16.3. The molecule has 2 nitrogen and oxygen atoms in total. The second-order valence-electron chi connectivity index (χ2n) is 7.11. The van der Waals surface area contributed by atoms with E-state index in [1.54, 1.807) is 0 Å². The summed E-state index contributed by atoms with van der Waals surface area (Å²) < 4.78 is 38.5. The average molecular weight is 354 g/mol. The lowest BCUT2D eigenvalue weighted by atomic mass is 10.1. The zero-order valence-electron chi connectivity index (χ0n) is 15.3. The third-order valence-electron chi connectivity index (χ3n) is 4.60. The standard InChI is InChI=1S/C17H34F3NOSi/c1-5-6-7-8-9-10-11-12-13-14-15-23(3,4)21(2)16(22)17(18,19)20/h5-15H2,1-4H3. The van der Waals surface area contributed by atoms with E-state index in [1.807, 2.05) is 13.1 Å². The molecule has 0 fully saturated rings. The van der Waals surface area contributed by atoms with Gasteiger partial charge in [-0.2, -0.15) is 13.2 Å². The highest BCUT2D eigenvalue weighted by atomic mass is 28.3. The molecule has 0 aromatic carbocycles. The maximum Gasteiger partial charge on any atom is 0.470 e. The Hall–Kier alpha value is -0.523. The normalized spacial score (nSPS) is 12.5. The first-order chi connectivity index (χ1) is 10.6. The van der Waals surface area contributed by atoms with Gasteiger partial charge < -0.3 is 4.57 Å². The Morgan fingerprint density at radius 3 is 1.65 bits per heavy atom. The van der Waals surface area contributed by atoms with Gasteiger partial charge in [-0.3, -0.25) is 4.79 Å². The molecule has 0 radical (unpaired) electrons. The van der Waals surface area contributed by atoms with Crippen molar-refractivity contribution in [2.75, 3.05) is 7.05 Å². The molecule has 6 heteroatoms. The topological polar surface area (TPSA) is 20.3 Å². The monoisotopic (exact) mass is 353 g/mol. The first-order valence-corrected chi connectivity index (χ1v) is 12.1. The lowest BCUT2D eigenvalue weighted by Crippen LogP contribution is -2.53. The van der Waals surface area contributed by atoms with Gasteiger partial charge in [0.05, 0.1) is 0 Å². The Labute approximate surface area is 140 Å². The lowest BCUT2D eigenvalue weighted by Gasteiger charge is -2.34. The van der Waals surface area contributed by atoms with Crippen LogP contribution in [0, 0.1) is 0 Å². The molecule has 0 atom stereocenters. The number of hydrogen-bond acceptors (Lipinski definition) is 1. The Bertz CT molecular complexity index is 332. The van der Waals surface area contributed by atoms with Crippen molar-refractivity contribution in [2.24, 2.45) is 0 Å². The van der Waals surface area contributed by atoms with Crippen molar-refractivity contribution in [1.82, 2.24) is 4.57 Å². The Morgan fingerprint density at radius 2 is 1.26 bits per heavy atom. The summed E-state index contributed by atoms with van der Waals surface area (Å²) in [4.78, 5) is 11.3. The molecule has 138 valence electrons. The lowest BCUT2D eigenvalue weighted by molar-refractivity contribution is -0.179. The van der Waals surface area contributed by atoms with Crippen LogP contribution in [0.5, 0.6) is 0 Å². The van der Waals surface area contributed by atoms with Crippen LogP contribution in [0.15, 0.2) is 0 Å². The van der Waals surface area contributed by atoms with Crippen molar-refractivity contribution in [1.29, 1.82) is 0 Å². The predicted molar refractivity (Wildman–Crippen MR) is 93.0 cm³/mol. The molecule has 23 heavy (non-hydrogen) atoms. The molecule has 1 amide bonds. The largest absolute Gasteiger partial charge is 0.470 e. The van der Waals surface area contributed by atoms with Gasteiger partial charge in [0, 0.05) is 7.05 Å². The van der Waals surface area contributed by atoms with Crippen LogP contribution in [0.2, 0.25) is 19.1 Å². The van der Waals surface area contributed by atoms with Crippen LogP contribution < -0.4 is 0 Å². The van der Waals surface area contributed by atoms with Crippen LogP contribution in [0.3, 0.4) is 0 Å². The van der Waals surface area contributed by atoms with Crippen LogP contribution in [0.1, 0.15) is 71.1 Å². The molecule has 0 heterocycles. The van der Waals surface area contributed by atoms with Crippen molar-refractivity contribution < 1.29 is 18.0 Å². The minimum atomic E-state index is -4.75. The van der Waals surface area contributed by atoms with E-state index in [-0.39, 0.29) is 0 Å². The number of carbonyl (C=O) groups excluding carboxylic acids is 1. The van der Waals surface area contributed by atoms with Crippen molar-refractivity contribution in [3.63, 3.8) is 0 Å². The quantitative estimate of drug-likeness (QED) is 0.305. The summed E-state index contributed by atoms with van der Waals surface area (Å²) in [5.74, 6) is -1.69. The van der Waals surface area contributed by atoms with Gasteiger partial charge in [-0.25, -0.2) is 0 Å². The van der Waals surface area contributed by atoms with E-state index in [9.17, 15) is 18.0 Å². The van der Waals surface area contributed by atoms with Crippen molar-refractivity contribution >= 4 is 14.1 Å². The second kappa shape index (κ2) is 11.1. The van der Waals surface area contributed by atoms with E-state index < -0.39 is 20.3 Å². The number of nitrogens with zero attached hydrogens (tertiary/aromatic N) is 1.